The second-order valence-corrected chi connectivity index (χ2v) is 5.51. The van der Waals surface area contributed by atoms with Gasteiger partial charge < -0.3 is 21.1 Å². The minimum atomic E-state index is -0.705. The average Bonchev–Trinajstić information content (AvgIpc) is 2.57. The highest BCUT2D eigenvalue weighted by atomic mass is 35.5. The largest absolute Gasteiger partial charge is 0.452 e. The minimum absolute atomic E-state index is 0.238. The molecule has 0 spiro atoms. The Morgan fingerprint density at radius 2 is 1.76 bits per heavy atom. The monoisotopic (exact) mass is 361 g/mol. The molecule has 0 unspecified atom stereocenters. The van der Waals surface area contributed by atoms with Crippen LogP contribution in [0.2, 0.25) is 5.02 Å². The Kier molecular flexibility index (Phi) is 5.97. The van der Waals surface area contributed by atoms with Crippen LogP contribution in [0, 0.1) is 6.92 Å². The molecular weight excluding hydrogens is 346 g/mol. The number of ether oxygens (including phenoxy) is 1. The van der Waals surface area contributed by atoms with Crippen molar-refractivity contribution in [1.29, 1.82) is 0 Å². The SMILES string of the molecule is Cc1c(Cl)cccc1NC(=O)COC(=O)c1ccc(NC(N)=O)cc1. The third kappa shape index (κ3) is 5.22. The molecule has 2 rings (SSSR count). The quantitative estimate of drug-likeness (QED) is 0.711. The molecule has 0 saturated carbocycles. The van der Waals surface area contributed by atoms with Gasteiger partial charge >= 0.3 is 12.0 Å². The zero-order chi connectivity index (χ0) is 18.4. The third-order valence-electron chi connectivity index (χ3n) is 3.26. The van der Waals surface area contributed by atoms with E-state index in [-0.39, 0.29) is 5.56 Å². The fraction of sp³-hybridized carbons (Fsp3) is 0.118. The van der Waals surface area contributed by atoms with E-state index in [1.54, 1.807) is 25.1 Å². The van der Waals surface area contributed by atoms with Gasteiger partial charge in [-0.25, -0.2) is 9.59 Å². The molecule has 0 aromatic heterocycles. The van der Waals surface area contributed by atoms with Crippen LogP contribution in [0.15, 0.2) is 42.5 Å². The first-order chi connectivity index (χ1) is 11.9. The van der Waals surface area contributed by atoms with Crippen molar-refractivity contribution in [3.8, 4) is 0 Å². The van der Waals surface area contributed by atoms with Crippen LogP contribution in [0.4, 0.5) is 16.2 Å². The number of primary amides is 1. The number of amides is 3. The molecule has 0 aliphatic rings. The van der Waals surface area contributed by atoms with E-state index < -0.39 is 24.5 Å². The van der Waals surface area contributed by atoms with Gasteiger partial charge in [-0.15, -0.1) is 0 Å². The van der Waals surface area contributed by atoms with E-state index >= 15 is 0 Å². The first-order valence-corrected chi connectivity index (χ1v) is 7.63. The summed E-state index contributed by atoms with van der Waals surface area (Å²) in [6.45, 7) is 1.33. The van der Waals surface area contributed by atoms with E-state index in [0.717, 1.165) is 5.56 Å². The van der Waals surface area contributed by atoms with E-state index in [1.807, 2.05) is 0 Å². The minimum Gasteiger partial charge on any atom is -0.452 e. The molecule has 0 fully saturated rings. The van der Waals surface area contributed by atoms with E-state index in [9.17, 15) is 14.4 Å². The van der Waals surface area contributed by atoms with Crippen LogP contribution in [-0.2, 0) is 9.53 Å². The molecule has 0 heterocycles. The predicted octanol–water partition coefficient (Wildman–Crippen LogP) is 2.93. The number of nitrogens with one attached hydrogen (secondary N) is 2. The summed E-state index contributed by atoms with van der Waals surface area (Å²) in [6.07, 6.45) is 0. The Morgan fingerprint density at radius 1 is 1.08 bits per heavy atom. The van der Waals surface area contributed by atoms with E-state index in [0.29, 0.717) is 16.4 Å². The summed E-state index contributed by atoms with van der Waals surface area (Å²) in [7, 11) is 0. The zero-order valence-corrected chi connectivity index (χ0v) is 14.1. The van der Waals surface area contributed by atoms with E-state index in [4.69, 9.17) is 22.1 Å². The molecule has 4 N–H and O–H groups in total. The molecular formula is C17H16ClN3O4. The van der Waals surface area contributed by atoms with Gasteiger partial charge in [0.2, 0.25) is 0 Å². The highest BCUT2D eigenvalue weighted by molar-refractivity contribution is 6.31. The molecule has 2 aromatic rings. The van der Waals surface area contributed by atoms with Crippen LogP contribution in [0.3, 0.4) is 0 Å². The average molecular weight is 362 g/mol. The number of hydrogen-bond acceptors (Lipinski definition) is 4. The summed E-state index contributed by atoms with van der Waals surface area (Å²) in [6, 6.07) is 10.3. The van der Waals surface area contributed by atoms with Crippen molar-refractivity contribution in [3.63, 3.8) is 0 Å². The zero-order valence-electron chi connectivity index (χ0n) is 13.3. The molecule has 3 amide bonds. The van der Waals surface area contributed by atoms with Crippen molar-refractivity contribution < 1.29 is 19.1 Å². The van der Waals surface area contributed by atoms with Crippen LogP contribution in [0.5, 0.6) is 0 Å². The summed E-state index contributed by atoms with van der Waals surface area (Å²) >= 11 is 5.98. The predicted molar refractivity (Wildman–Crippen MR) is 94.7 cm³/mol. The Balaban J connectivity index is 1.89. The summed E-state index contributed by atoms with van der Waals surface area (Å²) in [5, 5.41) is 5.52. The molecule has 25 heavy (non-hydrogen) atoms. The van der Waals surface area contributed by atoms with Crippen LogP contribution in [0.25, 0.3) is 0 Å². The summed E-state index contributed by atoms with van der Waals surface area (Å²) in [5.41, 5.74) is 6.95. The summed E-state index contributed by atoms with van der Waals surface area (Å²) < 4.78 is 4.96. The van der Waals surface area contributed by atoms with Crippen LogP contribution in [-0.4, -0.2) is 24.5 Å². The van der Waals surface area contributed by atoms with Gasteiger partial charge in [-0.1, -0.05) is 17.7 Å². The lowest BCUT2D eigenvalue weighted by atomic mass is 10.2. The molecule has 0 saturated heterocycles. The fourth-order valence-corrected chi connectivity index (χ4v) is 2.15. The Morgan fingerprint density at radius 3 is 2.40 bits per heavy atom. The fourth-order valence-electron chi connectivity index (χ4n) is 1.98. The number of nitrogens with two attached hydrogens (primary N) is 1. The van der Waals surface area contributed by atoms with Gasteiger partial charge in [0, 0.05) is 16.4 Å². The maximum atomic E-state index is 11.9. The van der Waals surface area contributed by atoms with Gasteiger partial charge in [0.05, 0.1) is 5.56 Å². The van der Waals surface area contributed by atoms with Gasteiger partial charge in [0.25, 0.3) is 5.91 Å². The van der Waals surface area contributed by atoms with Gasteiger partial charge in [-0.3, -0.25) is 4.79 Å². The van der Waals surface area contributed by atoms with Crippen molar-refractivity contribution in [2.75, 3.05) is 17.2 Å². The lowest BCUT2D eigenvalue weighted by Crippen LogP contribution is -2.21. The van der Waals surface area contributed by atoms with Crippen molar-refractivity contribution >= 4 is 40.9 Å². The number of carbonyl (C=O) groups is 3. The number of anilines is 2. The number of halogens is 1. The highest BCUT2D eigenvalue weighted by Crippen LogP contribution is 2.22. The number of benzene rings is 2. The Bertz CT molecular complexity index is 806. The molecule has 0 bridgehead atoms. The summed E-state index contributed by atoms with van der Waals surface area (Å²) in [5.74, 6) is -1.14. The molecule has 130 valence electrons. The van der Waals surface area contributed by atoms with Crippen LogP contribution < -0.4 is 16.4 Å². The normalized spacial score (nSPS) is 10.0. The summed E-state index contributed by atoms with van der Waals surface area (Å²) in [4.78, 5) is 34.5. The topological polar surface area (TPSA) is 111 Å². The number of hydrogen-bond donors (Lipinski definition) is 3. The second kappa shape index (κ2) is 8.16. The molecule has 8 heteroatoms. The number of rotatable bonds is 5. The van der Waals surface area contributed by atoms with Crippen molar-refractivity contribution in [2.24, 2.45) is 5.73 Å². The van der Waals surface area contributed by atoms with Crippen LogP contribution >= 0.6 is 11.6 Å². The Hall–Kier alpha value is -3.06. The molecule has 0 radical (unpaired) electrons. The van der Waals surface area contributed by atoms with Gasteiger partial charge in [-0.05, 0) is 48.9 Å². The standard InChI is InChI=1S/C17H16ClN3O4/c1-10-13(18)3-2-4-14(10)21-15(22)9-25-16(23)11-5-7-12(8-6-11)20-17(19)24/h2-8H,9H2,1H3,(H,21,22)(H3,19,20,24). The van der Waals surface area contributed by atoms with Gasteiger partial charge in [-0.2, -0.15) is 0 Å². The van der Waals surface area contributed by atoms with E-state index in [2.05, 4.69) is 10.6 Å². The number of esters is 1. The lowest BCUT2D eigenvalue weighted by molar-refractivity contribution is -0.119. The maximum absolute atomic E-state index is 11.9. The van der Waals surface area contributed by atoms with Gasteiger partial charge in [0.15, 0.2) is 6.61 Å². The Labute approximate surface area is 149 Å². The molecule has 0 aliphatic carbocycles. The van der Waals surface area contributed by atoms with E-state index in [1.165, 1.54) is 24.3 Å². The smallest absolute Gasteiger partial charge is 0.338 e. The molecule has 7 nitrogen and oxygen atoms in total. The molecule has 2 aromatic carbocycles. The van der Waals surface area contributed by atoms with Crippen molar-refractivity contribution in [1.82, 2.24) is 0 Å². The van der Waals surface area contributed by atoms with Crippen molar-refractivity contribution in [2.45, 2.75) is 6.92 Å². The molecule has 0 atom stereocenters. The number of urea groups is 1. The van der Waals surface area contributed by atoms with Gasteiger partial charge in [0.1, 0.15) is 0 Å². The first-order valence-electron chi connectivity index (χ1n) is 7.25. The lowest BCUT2D eigenvalue weighted by Gasteiger charge is -2.10. The maximum Gasteiger partial charge on any atom is 0.338 e. The second-order valence-electron chi connectivity index (χ2n) is 5.10. The van der Waals surface area contributed by atoms with Crippen LogP contribution in [0.1, 0.15) is 15.9 Å². The molecule has 0 aliphatic heterocycles. The third-order valence-corrected chi connectivity index (χ3v) is 3.67. The number of carbonyl (C=O) groups excluding carboxylic acids is 3. The van der Waals surface area contributed by atoms with Crippen molar-refractivity contribution in [3.05, 3.63) is 58.6 Å². The highest BCUT2D eigenvalue weighted by Gasteiger charge is 2.12. The first kappa shape index (κ1) is 18.3.